The van der Waals surface area contributed by atoms with Gasteiger partial charge in [-0.3, -0.25) is 10.2 Å². The van der Waals surface area contributed by atoms with Crippen molar-refractivity contribution >= 4 is 24.1 Å². The number of carbonyl (C=O) groups is 1. The number of imidazole rings is 1. The van der Waals surface area contributed by atoms with Gasteiger partial charge in [-0.15, -0.1) is 12.4 Å². The zero-order valence-corrected chi connectivity index (χ0v) is 16.0. The number of fused-ring (bicyclic) bond motifs is 1. The number of nitrogens with two attached hydrogens (primary N) is 1. The summed E-state index contributed by atoms with van der Waals surface area (Å²) in [6.07, 6.45) is 2.05. The molecule has 7 nitrogen and oxygen atoms in total. The SMILES string of the molecule is CCCc1nc(C)c2n1NC(N)=NC2CC(=O)c1ccc(OC)cc1.Cl. The Morgan fingerprint density at radius 2 is 2.04 bits per heavy atom. The van der Waals surface area contributed by atoms with Crippen molar-refractivity contribution in [3.8, 4) is 5.75 Å². The van der Waals surface area contributed by atoms with E-state index in [2.05, 4.69) is 22.3 Å². The summed E-state index contributed by atoms with van der Waals surface area (Å²) >= 11 is 0. The van der Waals surface area contributed by atoms with Crippen LogP contribution in [-0.2, 0) is 6.42 Å². The van der Waals surface area contributed by atoms with E-state index in [1.165, 1.54) is 0 Å². The maximum atomic E-state index is 12.7. The number of aromatic nitrogens is 2. The first-order chi connectivity index (χ1) is 12.0. The molecule has 1 aliphatic heterocycles. The van der Waals surface area contributed by atoms with Crippen molar-refractivity contribution in [2.75, 3.05) is 12.5 Å². The molecular formula is C18H24ClN5O2. The number of aryl methyl sites for hydroxylation is 2. The number of ether oxygens (including phenoxy) is 1. The number of benzene rings is 1. The van der Waals surface area contributed by atoms with Gasteiger partial charge >= 0.3 is 0 Å². The average molecular weight is 378 g/mol. The first-order valence-electron chi connectivity index (χ1n) is 8.39. The van der Waals surface area contributed by atoms with Crippen LogP contribution in [0.3, 0.4) is 0 Å². The number of nitrogens with one attached hydrogen (secondary N) is 1. The smallest absolute Gasteiger partial charge is 0.208 e. The van der Waals surface area contributed by atoms with E-state index in [1.807, 2.05) is 11.6 Å². The lowest BCUT2D eigenvalue weighted by Gasteiger charge is -2.24. The van der Waals surface area contributed by atoms with Crippen LogP contribution in [0.1, 0.15) is 53.4 Å². The zero-order valence-electron chi connectivity index (χ0n) is 15.2. The number of hydrogen-bond acceptors (Lipinski definition) is 6. The standard InChI is InChI=1S/C18H23N5O2.ClH/c1-4-5-16-20-11(2)17-14(21-18(19)22-23(16)17)10-15(24)12-6-8-13(25-3)9-7-12;/h6-9,14H,4-5,10H2,1-3H3,(H3,19,21,22);1H. The first-order valence-corrected chi connectivity index (χ1v) is 8.39. The molecule has 0 fully saturated rings. The minimum atomic E-state index is -0.339. The van der Waals surface area contributed by atoms with E-state index < -0.39 is 0 Å². The molecule has 1 aliphatic rings. The molecule has 1 unspecified atom stereocenters. The number of aliphatic imine (C=N–C) groups is 1. The Labute approximate surface area is 159 Å². The van der Waals surface area contributed by atoms with Crippen molar-refractivity contribution in [3.63, 3.8) is 0 Å². The third kappa shape index (κ3) is 3.83. The average Bonchev–Trinajstić information content (AvgIpc) is 2.91. The summed E-state index contributed by atoms with van der Waals surface area (Å²) in [4.78, 5) is 21.7. The number of ketones is 1. The van der Waals surface area contributed by atoms with Gasteiger partial charge in [-0.2, -0.15) is 0 Å². The van der Waals surface area contributed by atoms with Crippen LogP contribution in [0.25, 0.3) is 0 Å². The van der Waals surface area contributed by atoms with E-state index in [4.69, 9.17) is 10.5 Å². The Hall–Kier alpha value is -2.54. The highest BCUT2D eigenvalue weighted by molar-refractivity contribution is 5.97. The number of rotatable bonds is 6. The second-order valence-corrected chi connectivity index (χ2v) is 6.08. The van der Waals surface area contributed by atoms with Gasteiger partial charge in [-0.05, 0) is 37.6 Å². The second-order valence-electron chi connectivity index (χ2n) is 6.08. The third-order valence-electron chi connectivity index (χ3n) is 4.27. The van der Waals surface area contributed by atoms with E-state index in [1.54, 1.807) is 31.4 Å². The number of nitrogens with zero attached hydrogens (tertiary/aromatic N) is 3. The maximum absolute atomic E-state index is 12.7. The van der Waals surface area contributed by atoms with Gasteiger partial charge in [0.05, 0.1) is 18.5 Å². The van der Waals surface area contributed by atoms with Crippen molar-refractivity contribution in [1.29, 1.82) is 0 Å². The predicted molar refractivity (Wildman–Crippen MR) is 104 cm³/mol. The molecule has 0 aliphatic carbocycles. The maximum Gasteiger partial charge on any atom is 0.208 e. The van der Waals surface area contributed by atoms with Crippen LogP contribution in [0.4, 0.5) is 0 Å². The van der Waals surface area contributed by atoms with E-state index in [0.717, 1.165) is 35.8 Å². The van der Waals surface area contributed by atoms with Crippen LogP contribution < -0.4 is 15.9 Å². The number of Topliss-reactive ketones (excluding diaryl/α,β-unsaturated/α-hetero) is 1. The van der Waals surface area contributed by atoms with Gasteiger partial charge < -0.3 is 10.5 Å². The lowest BCUT2D eigenvalue weighted by atomic mass is 10.0. The molecule has 3 N–H and O–H groups in total. The lowest BCUT2D eigenvalue weighted by molar-refractivity contribution is 0.0973. The minimum Gasteiger partial charge on any atom is -0.497 e. The molecule has 1 aromatic heterocycles. The molecule has 140 valence electrons. The molecule has 0 spiro atoms. The van der Waals surface area contributed by atoms with Gasteiger partial charge in [-0.1, -0.05) is 6.92 Å². The summed E-state index contributed by atoms with van der Waals surface area (Å²) < 4.78 is 7.01. The lowest BCUT2D eigenvalue weighted by Crippen LogP contribution is -2.37. The minimum absolute atomic E-state index is 0. The Bertz CT molecular complexity index is 814. The van der Waals surface area contributed by atoms with Crippen molar-refractivity contribution in [2.45, 2.75) is 39.2 Å². The Balaban J connectivity index is 0.00000243. The topological polar surface area (TPSA) is 94.5 Å². The fourth-order valence-electron chi connectivity index (χ4n) is 3.09. The van der Waals surface area contributed by atoms with Gasteiger partial charge in [0.1, 0.15) is 17.6 Å². The highest BCUT2D eigenvalue weighted by atomic mass is 35.5. The number of methoxy groups -OCH3 is 1. The normalized spacial score (nSPS) is 15.3. The summed E-state index contributed by atoms with van der Waals surface area (Å²) in [6, 6.07) is 6.75. The van der Waals surface area contributed by atoms with Crippen LogP contribution in [0, 0.1) is 6.92 Å². The van der Waals surface area contributed by atoms with Gasteiger partial charge in [0.2, 0.25) is 5.96 Å². The largest absolute Gasteiger partial charge is 0.497 e. The van der Waals surface area contributed by atoms with Crippen molar-refractivity contribution in [3.05, 3.63) is 47.0 Å². The van der Waals surface area contributed by atoms with E-state index in [0.29, 0.717) is 11.5 Å². The molecule has 0 amide bonds. The summed E-state index contributed by atoms with van der Waals surface area (Å²) in [6.45, 7) is 4.04. The van der Waals surface area contributed by atoms with Crippen molar-refractivity contribution < 1.29 is 9.53 Å². The van der Waals surface area contributed by atoms with Crippen LogP contribution in [0.15, 0.2) is 29.3 Å². The molecule has 0 saturated carbocycles. The van der Waals surface area contributed by atoms with Crippen LogP contribution in [0.5, 0.6) is 5.75 Å². The number of halogens is 1. The molecule has 1 atom stereocenters. The molecule has 1 aromatic carbocycles. The molecule has 2 aromatic rings. The van der Waals surface area contributed by atoms with Gasteiger partial charge in [0.15, 0.2) is 5.78 Å². The molecule has 0 saturated heterocycles. The van der Waals surface area contributed by atoms with E-state index >= 15 is 0 Å². The van der Waals surface area contributed by atoms with Crippen molar-refractivity contribution in [2.24, 2.45) is 10.7 Å². The van der Waals surface area contributed by atoms with Crippen molar-refractivity contribution in [1.82, 2.24) is 9.66 Å². The first kappa shape index (κ1) is 19.8. The van der Waals surface area contributed by atoms with Gasteiger partial charge in [-0.25, -0.2) is 14.7 Å². The molecule has 0 bridgehead atoms. The Morgan fingerprint density at radius 1 is 1.35 bits per heavy atom. The molecule has 8 heteroatoms. The summed E-state index contributed by atoms with van der Waals surface area (Å²) in [5.41, 5.74) is 11.4. The number of guanidine groups is 1. The monoisotopic (exact) mass is 377 g/mol. The zero-order chi connectivity index (χ0) is 18.0. The second kappa shape index (κ2) is 8.23. The van der Waals surface area contributed by atoms with Crippen LogP contribution in [0.2, 0.25) is 0 Å². The highest BCUT2D eigenvalue weighted by Gasteiger charge is 2.28. The molecular weight excluding hydrogens is 354 g/mol. The third-order valence-corrected chi connectivity index (χ3v) is 4.27. The molecule has 26 heavy (non-hydrogen) atoms. The predicted octanol–water partition coefficient (Wildman–Crippen LogP) is 2.76. The Kier molecular flexibility index (Phi) is 6.26. The molecule has 0 radical (unpaired) electrons. The highest BCUT2D eigenvalue weighted by Crippen LogP contribution is 2.29. The molecule has 2 heterocycles. The summed E-state index contributed by atoms with van der Waals surface area (Å²) in [7, 11) is 1.60. The van der Waals surface area contributed by atoms with Gasteiger partial charge in [0, 0.05) is 18.4 Å². The number of carbonyl (C=O) groups excluding carboxylic acids is 1. The van der Waals surface area contributed by atoms with Crippen LogP contribution >= 0.6 is 12.4 Å². The number of hydrogen-bond donors (Lipinski definition) is 2. The fraction of sp³-hybridized carbons (Fsp3) is 0.389. The fourth-order valence-corrected chi connectivity index (χ4v) is 3.09. The van der Waals surface area contributed by atoms with Gasteiger partial charge in [0.25, 0.3) is 0 Å². The Morgan fingerprint density at radius 3 is 2.65 bits per heavy atom. The summed E-state index contributed by atoms with van der Waals surface area (Å²) in [5.74, 6) is 1.94. The quantitative estimate of drug-likeness (QED) is 0.755. The van der Waals surface area contributed by atoms with E-state index in [-0.39, 0.29) is 30.7 Å². The van der Waals surface area contributed by atoms with E-state index in [9.17, 15) is 4.79 Å². The summed E-state index contributed by atoms with van der Waals surface area (Å²) in [5, 5.41) is 0. The molecule has 3 rings (SSSR count). The van der Waals surface area contributed by atoms with Crippen LogP contribution in [-0.4, -0.2) is 28.5 Å².